The third-order valence-corrected chi connectivity index (χ3v) is 2.87. The predicted molar refractivity (Wildman–Crippen MR) is 64.8 cm³/mol. The molecule has 20 heavy (non-hydrogen) atoms. The van der Waals surface area contributed by atoms with E-state index in [-0.39, 0.29) is 12.4 Å². The van der Waals surface area contributed by atoms with E-state index >= 15 is 0 Å². The first kappa shape index (κ1) is 16.4. The molecule has 0 aliphatic carbocycles. The summed E-state index contributed by atoms with van der Waals surface area (Å²) in [7, 11) is 0. The van der Waals surface area contributed by atoms with E-state index in [0.29, 0.717) is 16.7 Å². The number of rotatable bonds is 5. The molecule has 0 amide bonds. The van der Waals surface area contributed by atoms with Gasteiger partial charge in [0.15, 0.2) is 5.92 Å². The SMILES string of the molecule is Cc1cc(CNCC(C(=O)O)C(F)(F)F)cc(C)c1F. The van der Waals surface area contributed by atoms with Crippen molar-refractivity contribution < 1.29 is 27.5 Å². The number of aryl methyl sites for hydroxylation is 2. The minimum Gasteiger partial charge on any atom is -0.481 e. The maximum absolute atomic E-state index is 13.4. The number of hydrogen-bond acceptors (Lipinski definition) is 2. The van der Waals surface area contributed by atoms with Crippen LogP contribution in [0, 0.1) is 25.6 Å². The zero-order valence-corrected chi connectivity index (χ0v) is 11.0. The first-order chi connectivity index (χ1) is 9.12. The summed E-state index contributed by atoms with van der Waals surface area (Å²) < 4.78 is 50.6. The van der Waals surface area contributed by atoms with Crippen LogP contribution in [-0.2, 0) is 11.3 Å². The average Bonchev–Trinajstić information content (AvgIpc) is 2.29. The molecular weight excluding hydrogens is 278 g/mol. The Morgan fingerprint density at radius 2 is 1.80 bits per heavy atom. The predicted octanol–water partition coefficient (Wildman–Crippen LogP) is 2.80. The summed E-state index contributed by atoms with van der Waals surface area (Å²) >= 11 is 0. The molecule has 2 N–H and O–H groups in total. The zero-order valence-electron chi connectivity index (χ0n) is 11.0. The molecule has 3 nitrogen and oxygen atoms in total. The maximum Gasteiger partial charge on any atom is 0.403 e. The molecule has 1 atom stereocenters. The van der Waals surface area contributed by atoms with Gasteiger partial charge in [-0.15, -0.1) is 0 Å². The molecule has 0 bridgehead atoms. The first-order valence-corrected chi connectivity index (χ1v) is 5.88. The van der Waals surface area contributed by atoms with Gasteiger partial charge in [-0.05, 0) is 30.5 Å². The van der Waals surface area contributed by atoms with E-state index < -0.39 is 24.6 Å². The summed E-state index contributed by atoms with van der Waals surface area (Å²) in [5, 5.41) is 11.0. The van der Waals surface area contributed by atoms with E-state index in [1.54, 1.807) is 13.8 Å². The summed E-state index contributed by atoms with van der Waals surface area (Å²) in [6, 6.07) is 3.03. The highest BCUT2D eigenvalue weighted by Crippen LogP contribution is 2.26. The number of alkyl halides is 3. The van der Waals surface area contributed by atoms with E-state index in [0.717, 1.165) is 0 Å². The third-order valence-electron chi connectivity index (χ3n) is 2.87. The van der Waals surface area contributed by atoms with Crippen LogP contribution in [0.3, 0.4) is 0 Å². The zero-order chi connectivity index (χ0) is 15.5. The van der Waals surface area contributed by atoms with Crippen LogP contribution in [0.4, 0.5) is 17.6 Å². The molecule has 1 rings (SSSR count). The molecule has 1 aromatic rings. The molecule has 0 aromatic heterocycles. The van der Waals surface area contributed by atoms with Gasteiger partial charge < -0.3 is 10.4 Å². The van der Waals surface area contributed by atoms with Gasteiger partial charge >= 0.3 is 12.1 Å². The van der Waals surface area contributed by atoms with Crippen LogP contribution in [0.1, 0.15) is 16.7 Å². The van der Waals surface area contributed by atoms with Crippen LogP contribution >= 0.6 is 0 Å². The van der Waals surface area contributed by atoms with Gasteiger partial charge in [-0.25, -0.2) is 4.39 Å². The summed E-state index contributed by atoms with van der Waals surface area (Å²) in [5.41, 5.74) is 1.40. The topological polar surface area (TPSA) is 49.3 Å². The summed E-state index contributed by atoms with van der Waals surface area (Å²) in [6.07, 6.45) is -4.80. The first-order valence-electron chi connectivity index (χ1n) is 5.88. The van der Waals surface area contributed by atoms with Gasteiger partial charge in [0.05, 0.1) is 0 Å². The van der Waals surface area contributed by atoms with Gasteiger partial charge in [0.2, 0.25) is 0 Å². The van der Waals surface area contributed by atoms with Crippen LogP contribution in [0.15, 0.2) is 12.1 Å². The molecule has 1 unspecified atom stereocenters. The summed E-state index contributed by atoms with van der Waals surface area (Å²) in [4.78, 5) is 10.5. The Kier molecular flexibility index (Phi) is 5.10. The van der Waals surface area contributed by atoms with Crippen molar-refractivity contribution in [2.45, 2.75) is 26.6 Å². The fraction of sp³-hybridized carbons (Fsp3) is 0.462. The van der Waals surface area contributed by atoms with Crippen molar-refractivity contribution in [3.05, 3.63) is 34.6 Å². The van der Waals surface area contributed by atoms with E-state index in [9.17, 15) is 22.4 Å². The smallest absolute Gasteiger partial charge is 0.403 e. The minimum absolute atomic E-state index is 0.0435. The summed E-state index contributed by atoms with van der Waals surface area (Å²) in [6.45, 7) is 2.43. The third kappa shape index (κ3) is 4.19. The fourth-order valence-electron chi connectivity index (χ4n) is 1.84. The van der Waals surface area contributed by atoms with Crippen LogP contribution in [-0.4, -0.2) is 23.8 Å². The quantitative estimate of drug-likeness (QED) is 0.821. The van der Waals surface area contributed by atoms with Gasteiger partial charge in [0, 0.05) is 13.1 Å². The van der Waals surface area contributed by atoms with Crippen molar-refractivity contribution in [3.8, 4) is 0 Å². The average molecular weight is 293 g/mol. The molecular formula is C13H15F4NO2. The van der Waals surface area contributed by atoms with Crippen molar-refractivity contribution >= 4 is 5.97 Å². The standard InChI is InChI=1S/C13H15F4NO2/c1-7-3-9(4-8(2)11(7)14)5-18-6-10(12(19)20)13(15,16)17/h3-4,10,18H,5-6H2,1-2H3,(H,19,20). The minimum atomic E-state index is -4.80. The van der Waals surface area contributed by atoms with E-state index in [1.165, 1.54) is 12.1 Å². The number of benzene rings is 1. The lowest BCUT2D eigenvalue weighted by Gasteiger charge is -2.17. The van der Waals surface area contributed by atoms with Crippen LogP contribution in [0.25, 0.3) is 0 Å². The van der Waals surface area contributed by atoms with Gasteiger partial charge in [0.25, 0.3) is 0 Å². The van der Waals surface area contributed by atoms with Crippen molar-refractivity contribution in [1.82, 2.24) is 5.32 Å². The number of carboxylic acids is 1. The molecule has 0 spiro atoms. The molecule has 1 aromatic carbocycles. The second kappa shape index (κ2) is 6.21. The Bertz CT molecular complexity index is 477. The lowest BCUT2D eigenvalue weighted by molar-refractivity contribution is -0.192. The molecule has 0 aliphatic rings. The molecule has 0 radical (unpaired) electrons. The molecule has 0 aliphatic heterocycles. The second-order valence-corrected chi connectivity index (χ2v) is 4.61. The van der Waals surface area contributed by atoms with Crippen molar-refractivity contribution in [2.75, 3.05) is 6.54 Å². The lowest BCUT2D eigenvalue weighted by Crippen LogP contribution is -2.38. The van der Waals surface area contributed by atoms with Crippen molar-refractivity contribution in [2.24, 2.45) is 5.92 Å². The van der Waals surface area contributed by atoms with Gasteiger partial charge in [0.1, 0.15) is 5.82 Å². The van der Waals surface area contributed by atoms with Crippen molar-refractivity contribution in [3.63, 3.8) is 0 Å². The van der Waals surface area contributed by atoms with Gasteiger partial charge in [-0.3, -0.25) is 4.79 Å². The largest absolute Gasteiger partial charge is 0.481 e. The number of nitrogens with one attached hydrogen (secondary N) is 1. The fourth-order valence-corrected chi connectivity index (χ4v) is 1.84. The van der Waals surface area contributed by atoms with Gasteiger partial charge in [-0.1, -0.05) is 12.1 Å². The highest BCUT2D eigenvalue weighted by atomic mass is 19.4. The monoisotopic (exact) mass is 293 g/mol. The molecule has 0 saturated heterocycles. The maximum atomic E-state index is 13.4. The van der Waals surface area contributed by atoms with Crippen LogP contribution < -0.4 is 5.32 Å². The van der Waals surface area contributed by atoms with E-state index in [2.05, 4.69) is 5.32 Å². The van der Waals surface area contributed by atoms with Gasteiger partial charge in [-0.2, -0.15) is 13.2 Å². The summed E-state index contributed by atoms with van der Waals surface area (Å²) in [5.74, 6) is -4.73. The van der Waals surface area contributed by atoms with E-state index in [1.807, 2.05) is 0 Å². The Balaban J connectivity index is 2.66. The molecule has 7 heteroatoms. The second-order valence-electron chi connectivity index (χ2n) is 4.61. The number of aliphatic carboxylic acids is 1. The number of carbonyl (C=O) groups is 1. The Morgan fingerprint density at radius 3 is 2.20 bits per heavy atom. The highest BCUT2D eigenvalue weighted by Gasteiger charge is 2.44. The normalized spacial score (nSPS) is 13.3. The van der Waals surface area contributed by atoms with Crippen LogP contribution in [0.5, 0.6) is 0 Å². The number of hydrogen-bond donors (Lipinski definition) is 2. The molecule has 0 fully saturated rings. The lowest BCUT2D eigenvalue weighted by atomic mass is 10.1. The molecule has 0 heterocycles. The molecule has 0 saturated carbocycles. The Labute approximate surface area is 113 Å². The highest BCUT2D eigenvalue weighted by molar-refractivity contribution is 5.71. The van der Waals surface area contributed by atoms with Crippen LogP contribution in [0.2, 0.25) is 0 Å². The Hall–Kier alpha value is -1.63. The molecule has 112 valence electrons. The Morgan fingerprint density at radius 1 is 1.30 bits per heavy atom. The number of carboxylic acid groups (broad SMARTS) is 1. The van der Waals surface area contributed by atoms with Crippen molar-refractivity contribution in [1.29, 1.82) is 0 Å². The number of halogens is 4. The van der Waals surface area contributed by atoms with E-state index in [4.69, 9.17) is 5.11 Å².